The highest BCUT2D eigenvalue weighted by Crippen LogP contribution is 1.95. The van der Waals surface area contributed by atoms with E-state index in [0.717, 1.165) is 6.08 Å². The maximum Gasteiger partial charge on any atom is 0.352 e. The monoisotopic (exact) mass is 158 g/mol. The Kier molecular flexibility index (Phi) is 1.77. The summed E-state index contributed by atoms with van der Waals surface area (Å²) < 4.78 is 0. The van der Waals surface area contributed by atoms with Gasteiger partial charge in [-0.2, -0.15) is 0 Å². The van der Waals surface area contributed by atoms with Gasteiger partial charge in [0.05, 0.1) is 0 Å². The summed E-state index contributed by atoms with van der Waals surface area (Å²) in [6.07, 6.45) is -0.465. The first kappa shape index (κ1) is 7.55. The van der Waals surface area contributed by atoms with Crippen molar-refractivity contribution in [1.29, 1.82) is 0 Å². The third-order valence-corrected chi connectivity index (χ3v) is 1.08. The van der Waals surface area contributed by atoms with Gasteiger partial charge in [0.15, 0.2) is 0 Å². The van der Waals surface area contributed by atoms with Crippen LogP contribution >= 0.6 is 0 Å². The molecule has 11 heavy (non-hydrogen) atoms. The Morgan fingerprint density at radius 3 is 2.64 bits per heavy atom. The van der Waals surface area contributed by atoms with E-state index < -0.39 is 18.2 Å². The van der Waals surface area contributed by atoms with Crippen LogP contribution < -0.4 is 10.6 Å². The summed E-state index contributed by atoms with van der Waals surface area (Å²) in [7, 11) is 0. The quantitative estimate of drug-likeness (QED) is 0.352. The van der Waals surface area contributed by atoms with Crippen molar-refractivity contribution in [3.8, 4) is 0 Å². The molecule has 1 aliphatic rings. The van der Waals surface area contributed by atoms with Gasteiger partial charge in [-0.05, 0) is 0 Å². The molecule has 6 heteroatoms. The summed E-state index contributed by atoms with van der Waals surface area (Å²) in [4.78, 5) is 20.8. The molecule has 4 N–H and O–H groups in total. The van der Waals surface area contributed by atoms with Crippen LogP contribution in [0.3, 0.4) is 0 Å². The second-order valence-corrected chi connectivity index (χ2v) is 1.92. The van der Waals surface area contributed by atoms with E-state index in [9.17, 15) is 9.59 Å². The minimum atomic E-state index is -1.32. The third-order valence-electron chi connectivity index (χ3n) is 1.08. The number of aliphatic carboxylic acids is 1. The van der Waals surface area contributed by atoms with Gasteiger partial charge in [0, 0.05) is 6.08 Å². The SMILES string of the molecule is O=C1C=C(C(=O)O)NC(O)N1. The molecule has 6 nitrogen and oxygen atoms in total. The molecule has 1 rings (SSSR count). The average molecular weight is 158 g/mol. The van der Waals surface area contributed by atoms with Crippen molar-refractivity contribution >= 4 is 11.9 Å². The normalized spacial score (nSPS) is 23.2. The van der Waals surface area contributed by atoms with Crippen molar-refractivity contribution in [3.05, 3.63) is 11.8 Å². The zero-order valence-electron chi connectivity index (χ0n) is 5.37. The predicted octanol–water partition coefficient (Wildman–Crippen LogP) is -2.05. The van der Waals surface area contributed by atoms with Crippen LogP contribution in [0.25, 0.3) is 0 Å². The molecule has 0 bridgehead atoms. The standard InChI is InChI=1S/C5H6N2O4/c8-3-1-2(4(9)10)6-5(11)7-3/h1,5-6,11H,(H,7,8)(H,9,10). The van der Waals surface area contributed by atoms with E-state index in [2.05, 4.69) is 5.32 Å². The number of nitrogens with one attached hydrogen (secondary N) is 2. The molecule has 0 radical (unpaired) electrons. The molecule has 60 valence electrons. The fourth-order valence-electron chi connectivity index (χ4n) is 0.656. The molecule has 0 aromatic heterocycles. The number of carboxylic acid groups (broad SMARTS) is 1. The number of carbonyl (C=O) groups is 2. The lowest BCUT2D eigenvalue weighted by molar-refractivity contribution is -0.135. The van der Waals surface area contributed by atoms with Crippen LogP contribution in [0.2, 0.25) is 0 Å². The molecule has 1 unspecified atom stereocenters. The average Bonchev–Trinajstić information content (AvgIpc) is 1.85. The molecule has 1 atom stereocenters. The molecule has 1 heterocycles. The van der Waals surface area contributed by atoms with E-state index in [0.29, 0.717) is 0 Å². The van der Waals surface area contributed by atoms with E-state index >= 15 is 0 Å². The van der Waals surface area contributed by atoms with Crippen molar-refractivity contribution in [3.63, 3.8) is 0 Å². The summed E-state index contributed by atoms with van der Waals surface area (Å²) in [6, 6.07) is 0. The highest BCUT2D eigenvalue weighted by Gasteiger charge is 2.19. The van der Waals surface area contributed by atoms with Gasteiger partial charge in [0.1, 0.15) is 5.70 Å². The van der Waals surface area contributed by atoms with Gasteiger partial charge >= 0.3 is 5.97 Å². The van der Waals surface area contributed by atoms with Gasteiger partial charge in [-0.25, -0.2) is 4.79 Å². The zero-order chi connectivity index (χ0) is 8.43. The summed E-state index contributed by atoms with van der Waals surface area (Å²) in [5.41, 5.74) is -0.318. The predicted molar refractivity (Wildman–Crippen MR) is 33.0 cm³/mol. The first-order valence-corrected chi connectivity index (χ1v) is 2.79. The van der Waals surface area contributed by atoms with E-state index in [-0.39, 0.29) is 5.70 Å². The van der Waals surface area contributed by atoms with Crippen molar-refractivity contribution in [2.75, 3.05) is 0 Å². The molecule has 1 amide bonds. The number of carbonyl (C=O) groups excluding carboxylic acids is 1. The minimum absolute atomic E-state index is 0.318. The summed E-state index contributed by atoms with van der Waals surface area (Å²) in [5.74, 6) is -1.91. The van der Waals surface area contributed by atoms with Crippen LogP contribution in [0, 0.1) is 0 Å². The molecule has 0 spiro atoms. The van der Waals surface area contributed by atoms with Crippen molar-refractivity contribution in [2.45, 2.75) is 6.35 Å². The highest BCUT2D eigenvalue weighted by molar-refractivity contribution is 5.98. The summed E-state index contributed by atoms with van der Waals surface area (Å²) in [6.45, 7) is 0. The van der Waals surface area contributed by atoms with Crippen molar-refractivity contribution in [1.82, 2.24) is 10.6 Å². The Balaban J connectivity index is 2.80. The lowest BCUT2D eigenvalue weighted by Crippen LogP contribution is -2.49. The first-order valence-electron chi connectivity index (χ1n) is 2.79. The molecule has 0 aromatic carbocycles. The van der Waals surface area contributed by atoms with E-state index in [1.807, 2.05) is 5.32 Å². The molecule has 0 aliphatic carbocycles. The molecule has 1 aliphatic heterocycles. The summed E-state index contributed by atoms with van der Waals surface area (Å²) in [5, 5.41) is 21.3. The number of hydrogen-bond acceptors (Lipinski definition) is 4. The Bertz CT molecular complexity index is 235. The maximum absolute atomic E-state index is 10.5. The summed E-state index contributed by atoms with van der Waals surface area (Å²) >= 11 is 0. The second kappa shape index (κ2) is 2.59. The Hall–Kier alpha value is -1.56. The van der Waals surface area contributed by atoms with Crippen LogP contribution in [0.5, 0.6) is 0 Å². The van der Waals surface area contributed by atoms with Crippen LogP contribution in [0.4, 0.5) is 0 Å². The van der Waals surface area contributed by atoms with Gasteiger partial charge < -0.3 is 20.8 Å². The molecule has 0 saturated heterocycles. The molecular formula is C5H6N2O4. The zero-order valence-corrected chi connectivity index (χ0v) is 5.37. The lowest BCUT2D eigenvalue weighted by Gasteiger charge is -2.19. The minimum Gasteiger partial charge on any atom is -0.477 e. The van der Waals surface area contributed by atoms with E-state index in [1.165, 1.54) is 0 Å². The second-order valence-electron chi connectivity index (χ2n) is 1.92. The topological polar surface area (TPSA) is 98.7 Å². The van der Waals surface area contributed by atoms with Gasteiger partial charge in [0.2, 0.25) is 12.3 Å². The maximum atomic E-state index is 10.5. The Morgan fingerprint density at radius 2 is 2.18 bits per heavy atom. The molecule has 0 aromatic rings. The number of hydrogen-bond donors (Lipinski definition) is 4. The molecule has 0 saturated carbocycles. The van der Waals surface area contributed by atoms with Gasteiger partial charge in [-0.15, -0.1) is 0 Å². The molecule has 0 fully saturated rings. The van der Waals surface area contributed by atoms with Crippen LogP contribution in [0.1, 0.15) is 0 Å². The van der Waals surface area contributed by atoms with Crippen LogP contribution in [0.15, 0.2) is 11.8 Å². The smallest absolute Gasteiger partial charge is 0.352 e. The van der Waals surface area contributed by atoms with E-state index in [1.54, 1.807) is 0 Å². The first-order chi connectivity index (χ1) is 5.09. The number of aliphatic hydroxyl groups excluding tert-OH is 1. The van der Waals surface area contributed by atoms with Gasteiger partial charge in [-0.3, -0.25) is 4.79 Å². The largest absolute Gasteiger partial charge is 0.477 e. The fourth-order valence-corrected chi connectivity index (χ4v) is 0.656. The fraction of sp³-hybridized carbons (Fsp3) is 0.200. The Morgan fingerprint density at radius 1 is 1.55 bits per heavy atom. The Labute approximate surface area is 61.5 Å². The van der Waals surface area contributed by atoms with Gasteiger partial charge in [-0.1, -0.05) is 0 Å². The number of rotatable bonds is 1. The number of amides is 1. The third kappa shape index (κ3) is 1.68. The van der Waals surface area contributed by atoms with E-state index in [4.69, 9.17) is 10.2 Å². The number of aliphatic hydroxyl groups is 1. The number of carboxylic acids is 1. The lowest BCUT2D eigenvalue weighted by atomic mass is 10.3. The van der Waals surface area contributed by atoms with Gasteiger partial charge in [0.25, 0.3) is 0 Å². The molecular weight excluding hydrogens is 152 g/mol. The van der Waals surface area contributed by atoms with Crippen LogP contribution in [-0.2, 0) is 9.59 Å². The highest BCUT2D eigenvalue weighted by atomic mass is 16.4. The van der Waals surface area contributed by atoms with Crippen molar-refractivity contribution < 1.29 is 19.8 Å². The van der Waals surface area contributed by atoms with Crippen molar-refractivity contribution in [2.24, 2.45) is 0 Å². The van der Waals surface area contributed by atoms with Crippen LogP contribution in [-0.4, -0.2) is 28.4 Å².